The van der Waals surface area contributed by atoms with Crippen LogP contribution in [0.4, 0.5) is 0 Å². The normalized spacial score (nSPS) is 31.8. The molecule has 0 aromatic carbocycles. The third kappa shape index (κ3) is 3.46. The number of nitrogens with zero attached hydrogens (tertiary/aromatic N) is 2. The van der Waals surface area contributed by atoms with E-state index in [2.05, 4.69) is 42.8 Å². The molecule has 18 heavy (non-hydrogen) atoms. The molecule has 0 aliphatic carbocycles. The number of rotatable bonds is 5. The molecule has 3 heteroatoms. The molecule has 0 aromatic rings. The highest BCUT2D eigenvalue weighted by atomic mass is 15.3. The molecule has 0 saturated carbocycles. The minimum absolute atomic E-state index is 0.612. The Hall–Kier alpha value is -0.120. The first kappa shape index (κ1) is 14.3. The van der Waals surface area contributed by atoms with Crippen molar-refractivity contribution < 1.29 is 0 Å². The van der Waals surface area contributed by atoms with Gasteiger partial charge in [0, 0.05) is 37.3 Å². The minimum atomic E-state index is 0.612. The molecule has 0 amide bonds. The van der Waals surface area contributed by atoms with Crippen LogP contribution in [0.5, 0.6) is 0 Å². The van der Waals surface area contributed by atoms with Gasteiger partial charge >= 0.3 is 0 Å². The summed E-state index contributed by atoms with van der Waals surface area (Å²) in [6, 6.07) is 2.91. The summed E-state index contributed by atoms with van der Waals surface area (Å²) < 4.78 is 0. The maximum Gasteiger partial charge on any atom is 0.0224 e. The molecule has 0 aromatic heterocycles. The van der Waals surface area contributed by atoms with Crippen LogP contribution in [0.25, 0.3) is 0 Å². The quantitative estimate of drug-likeness (QED) is 0.808. The zero-order valence-electron chi connectivity index (χ0n) is 12.7. The molecule has 2 rings (SSSR count). The molecule has 2 saturated heterocycles. The van der Waals surface area contributed by atoms with E-state index in [0.29, 0.717) is 12.1 Å². The number of hydrogen-bond donors (Lipinski definition) is 1. The molecule has 106 valence electrons. The Morgan fingerprint density at radius 2 is 2.00 bits per heavy atom. The van der Waals surface area contributed by atoms with Crippen molar-refractivity contribution in [3.8, 4) is 0 Å². The molecular weight excluding hydrogens is 222 g/mol. The third-order valence-electron chi connectivity index (χ3n) is 4.67. The average molecular weight is 253 g/mol. The van der Waals surface area contributed by atoms with E-state index in [4.69, 9.17) is 0 Å². The number of nitrogens with one attached hydrogen (secondary N) is 1. The maximum atomic E-state index is 3.54. The van der Waals surface area contributed by atoms with E-state index in [1.165, 1.54) is 38.9 Å². The molecule has 3 nitrogen and oxygen atoms in total. The number of piperazine rings is 1. The highest BCUT2D eigenvalue weighted by Gasteiger charge is 2.35. The van der Waals surface area contributed by atoms with Gasteiger partial charge in [-0.05, 0) is 46.2 Å². The highest BCUT2D eigenvalue weighted by molar-refractivity contribution is 4.92. The molecule has 0 bridgehead atoms. The van der Waals surface area contributed by atoms with Gasteiger partial charge in [0.05, 0.1) is 0 Å². The Balaban J connectivity index is 1.79. The van der Waals surface area contributed by atoms with Gasteiger partial charge in [-0.25, -0.2) is 0 Å². The fourth-order valence-corrected chi connectivity index (χ4v) is 3.57. The van der Waals surface area contributed by atoms with Crippen LogP contribution in [0.2, 0.25) is 0 Å². The largest absolute Gasteiger partial charge is 0.314 e. The highest BCUT2D eigenvalue weighted by Crippen LogP contribution is 2.26. The van der Waals surface area contributed by atoms with Crippen molar-refractivity contribution in [1.82, 2.24) is 15.1 Å². The van der Waals surface area contributed by atoms with Gasteiger partial charge in [-0.15, -0.1) is 0 Å². The standard InChI is InChI=1S/C15H31N3/c1-12(2)16-8-7-13(3)18-11-15-6-5-9-17(15)10-14(18)4/h12-16H,5-11H2,1-4H3. The fourth-order valence-electron chi connectivity index (χ4n) is 3.57. The van der Waals surface area contributed by atoms with Gasteiger partial charge < -0.3 is 5.32 Å². The van der Waals surface area contributed by atoms with Crippen LogP contribution in [0.1, 0.15) is 47.0 Å². The summed E-state index contributed by atoms with van der Waals surface area (Å²) in [7, 11) is 0. The second-order valence-corrected chi connectivity index (χ2v) is 6.58. The molecule has 0 radical (unpaired) electrons. The van der Waals surface area contributed by atoms with Crippen molar-refractivity contribution in [2.45, 2.75) is 71.1 Å². The fraction of sp³-hybridized carbons (Fsp3) is 1.00. The van der Waals surface area contributed by atoms with E-state index >= 15 is 0 Å². The minimum Gasteiger partial charge on any atom is -0.314 e. The van der Waals surface area contributed by atoms with Crippen molar-refractivity contribution >= 4 is 0 Å². The molecule has 2 fully saturated rings. The summed E-state index contributed by atoms with van der Waals surface area (Å²) in [5.41, 5.74) is 0. The summed E-state index contributed by atoms with van der Waals surface area (Å²) in [6.07, 6.45) is 4.10. The van der Waals surface area contributed by atoms with E-state index < -0.39 is 0 Å². The van der Waals surface area contributed by atoms with Gasteiger partial charge in [0.15, 0.2) is 0 Å². The summed E-state index contributed by atoms with van der Waals surface area (Å²) >= 11 is 0. The van der Waals surface area contributed by atoms with Crippen LogP contribution in [0.3, 0.4) is 0 Å². The van der Waals surface area contributed by atoms with Gasteiger partial charge in [0.25, 0.3) is 0 Å². The zero-order chi connectivity index (χ0) is 13.1. The van der Waals surface area contributed by atoms with E-state index in [1.807, 2.05) is 0 Å². The second-order valence-electron chi connectivity index (χ2n) is 6.58. The molecule has 2 heterocycles. The topological polar surface area (TPSA) is 18.5 Å². The van der Waals surface area contributed by atoms with Crippen LogP contribution < -0.4 is 5.32 Å². The van der Waals surface area contributed by atoms with Gasteiger partial charge in [0.2, 0.25) is 0 Å². The second kappa shape index (κ2) is 6.36. The maximum absolute atomic E-state index is 3.54. The SMILES string of the molecule is CC(C)NCCC(C)N1CC2CCCN2CC1C. The van der Waals surface area contributed by atoms with Gasteiger partial charge in [-0.2, -0.15) is 0 Å². The van der Waals surface area contributed by atoms with E-state index in [9.17, 15) is 0 Å². The first-order valence-corrected chi connectivity index (χ1v) is 7.81. The Morgan fingerprint density at radius 3 is 2.72 bits per heavy atom. The lowest BCUT2D eigenvalue weighted by molar-refractivity contribution is 0.0306. The van der Waals surface area contributed by atoms with Crippen LogP contribution in [0.15, 0.2) is 0 Å². The lowest BCUT2D eigenvalue weighted by Crippen LogP contribution is -2.57. The predicted molar refractivity (Wildman–Crippen MR) is 78.0 cm³/mol. The molecular formula is C15H31N3. The first-order valence-electron chi connectivity index (χ1n) is 7.81. The van der Waals surface area contributed by atoms with Gasteiger partial charge in [-0.3, -0.25) is 9.80 Å². The van der Waals surface area contributed by atoms with E-state index in [1.54, 1.807) is 0 Å². The van der Waals surface area contributed by atoms with Crippen LogP contribution in [-0.2, 0) is 0 Å². The molecule has 3 unspecified atom stereocenters. The van der Waals surface area contributed by atoms with Crippen molar-refractivity contribution in [3.05, 3.63) is 0 Å². The third-order valence-corrected chi connectivity index (χ3v) is 4.67. The Labute approximate surface area is 113 Å². The average Bonchev–Trinajstić information content (AvgIpc) is 2.74. The van der Waals surface area contributed by atoms with Crippen molar-refractivity contribution in [2.24, 2.45) is 0 Å². The van der Waals surface area contributed by atoms with Crippen LogP contribution >= 0.6 is 0 Å². The lowest BCUT2D eigenvalue weighted by Gasteiger charge is -2.45. The van der Waals surface area contributed by atoms with Gasteiger partial charge in [0.1, 0.15) is 0 Å². The van der Waals surface area contributed by atoms with Crippen LogP contribution in [0, 0.1) is 0 Å². The van der Waals surface area contributed by atoms with Gasteiger partial charge in [-0.1, -0.05) is 13.8 Å². The Morgan fingerprint density at radius 1 is 1.22 bits per heavy atom. The molecule has 0 spiro atoms. The predicted octanol–water partition coefficient (Wildman–Crippen LogP) is 1.93. The molecule has 3 atom stereocenters. The first-order chi connectivity index (χ1) is 8.58. The van der Waals surface area contributed by atoms with Crippen molar-refractivity contribution in [3.63, 3.8) is 0 Å². The smallest absolute Gasteiger partial charge is 0.0224 e. The monoisotopic (exact) mass is 253 g/mol. The summed E-state index contributed by atoms with van der Waals surface area (Å²) in [6.45, 7) is 14.3. The van der Waals surface area contributed by atoms with Crippen LogP contribution in [-0.4, -0.2) is 60.1 Å². The molecule has 1 N–H and O–H groups in total. The number of hydrogen-bond acceptors (Lipinski definition) is 3. The summed E-state index contributed by atoms with van der Waals surface area (Å²) in [5.74, 6) is 0. The van der Waals surface area contributed by atoms with E-state index in [-0.39, 0.29) is 0 Å². The summed E-state index contributed by atoms with van der Waals surface area (Å²) in [4.78, 5) is 5.45. The lowest BCUT2D eigenvalue weighted by atomic mass is 10.0. The Kier molecular flexibility index (Phi) is 5.05. The van der Waals surface area contributed by atoms with E-state index in [0.717, 1.165) is 18.6 Å². The molecule has 2 aliphatic rings. The van der Waals surface area contributed by atoms with Crippen molar-refractivity contribution in [1.29, 1.82) is 0 Å². The number of fused-ring (bicyclic) bond motifs is 1. The molecule has 2 aliphatic heterocycles. The van der Waals surface area contributed by atoms with Crippen molar-refractivity contribution in [2.75, 3.05) is 26.2 Å². The summed E-state index contributed by atoms with van der Waals surface area (Å²) in [5, 5.41) is 3.54. The zero-order valence-corrected chi connectivity index (χ0v) is 12.7. The Bertz CT molecular complexity index is 254.